The molecule has 1 atom stereocenters. The summed E-state index contributed by atoms with van der Waals surface area (Å²) in [5, 5.41) is 13.8. The van der Waals surface area contributed by atoms with Gasteiger partial charge in [-0.1, -0.05) is 30.1 Å². The van der Waals surface area contributed by atoms with Crippen molar-refractivity contribution in [1.82, 2.24) is 4.98 Å². The fourth-order valence-electron chi connectivity index (χ4n) is 3.06. The minimum absolute atomic E-state index is 0.142. The monoisotopic (exact) mass is 419 g/mol. The van der Waals surface area contributed by atoms with Gasteiger partial charge in [-0.05, 0) is 55.0 Å². The summed E-state index contributed by atoms with van der Waals surface area (Å²) in [4.78, 5) is 16.9. The van der Waals surface area contributed by atoms with E-state index in [1.807, 2.05) is 6.07 Å². The van der Waals surface area contributed by atoms with Gasteiger partial charge in [0.1, 0.15) is 11.1 Å². The summed E-state index contributed by atoms with van der Waals surface area (Å²) in [7, 11) is 0. The number of benzene rings is 1. The van der Waals surface area contributed by atoms with Crippen LogP contribution in [-0.4, -0.2) is 16.6 Å². The van der Waals surface area contributed by atoms with Gasteiger partial charge >= 0.3 is 0 Å². The molecule has 0 spiro atoms. The molecule has 3 rings (SSSR count). The predicted octanol–water partition coefficient (Wildman–Crippen LogP) is 5.51. The molecule has 0 aliphatic heterocycles. The van der Waals surface area contributed by atoms with Gasteiger partial charge in [-0.25, -0.2) is 4.98 Å². The normalized spacial score (nSPS) is 15.7. The lowest BCUT2D eigenvalue weighted by molar-refractivity contribution is -0.115. The first-order chi connectivity index (χ1) is 13.0. The summed E-state index contributed by atoms with van der Waals surface area (Å²) in [6, 6.07) is 9.14. The minimum atomic E-state index is -0.142. The van der Waals surface area contributed by atoms with E-state index in [9.17, 15) is 10.1 Å². The summed E-state index contributed by atoms with van der Waals surface area (Å²) in [6.45, 7) is 2.23. The van der Waals surface area contributed by atoms with E-state index >= 15 is 0 Å². The number of hydrogen-bond acceptors (Lipinski definition) is 4. The maximum absolute atomic E-state index is 12.2. The van der Waals surface area contributed by atoms with Crippen molar-refractivity contribution < 1.29 is 4.79 Å². The van der Waals surface area contributed by atoms with Crippen molar-refractivity contribution in [2.24, 2.45) is 5.92 Å². The lowest BCUT2D eigenvalue weighted by atomic mass is 9.87. The molecule has 140 valence electrons. The average Bonchev–Trinajstić information content (AvgIpc) is 2.63. The fourth-order valence-corrected chi connectivity index (χ4v) is 4.43. The van der Waals surface area contributed by atoms with Crippen molar-refractivity contribution in [3.63, 3.8) is 0 Å². The molecule has 1 N–H and O–H groups in total. The Hall–Kier alpha value is -1.74. The quantitative estimate of drug-likeness (QED) is 0.648. The highest BCUT2D eigenvalue weighted by molar-refractivity contribution is 7.99. The molecule has 2 aromatic rings. The highest BCUT2D eigenvalue weighted by atomic mass is 35.5. The summed E-state index contributed by atoms with van der Waals surface area (Å²) in [5.41, 5.74) is 3.40. The molecule has 1 unspecified atom stereocenters. The highest BCUT2D eigenvalue weighted by Gasteiger charge is 2.19. The number of nitrogens with one attached hydrogen (secondary N) is 1. The third-order valence-corrected chi connectivity index (χ3v) is 6.03. The van der Waals surface area contributed by atoms with Gasteiger partial charge in [0.25, 0.3) is 0 Å². The molecule has 1 aliphatic rings. The van der Waals surface area contributed by atoms with E-state index in [1.165, 1.54) is 17.3 Å². The minimum Gasteiger partial charge on any atom is -0.325 e. The summed E-state index contributed by atoms with van der Waals surface area (Å²) < 4.78 is 0. The van der Waals surface area contributed by atoms with Gasteiger partial charge in [-0.2, -0.15) is 5.26 Å². The number of hydrogen-bond donors (Lipinski definition) is 1. The number of rotatable bonds is 5. The second kappa shape index (κ2) is 8.97. The lowest BCUT2D eigenvalue weighted by Crippen LogP contribution is -2.14. The predicted molar refractivity (Wildman–Crippen MR) is 111 cm³/mol. The second-order valence-corrected chi connectivity index (χ2v) is 8.60. The Bertz CT molecular complexity index is 911. The van der Waals surface area contributed by atoms with E-state index in [0.29, 0.717) is 44.4 Å². The van der Waals surface area contributed by atoms with E-state index < -0.39 is 0 Å². The first-order valence-electron chi connectivity index (χ1n) is 8.77. The molecule has 0 bridgehead atoms. The van der Waals surface area contributed by atoms with Crippen molar-refractivity contribution in [2.75, 3.05) is 11.1 Å². The van der Waals surface area contributed by atoms with Gasteiger partial charge in [0.2, 0.25) is 5.91 Å². The molecule has 1 heterocycles. The number of anilines is 1. The average molecular weight is 420 g/mol. The molecule has 0 radical (unpaired) electrons. The number of fused-ring (bicyclic) bond motifs is 1. The number of aryl methyl sites for hydroxylation is 1. The van der Waals surface area contributed by atoms with Gasteiger partial charge in [-0.3, -0.25) is 4.79 Å². The Kier molecular flexibility index (Phi) is 6.64. The smallest absolute Gasteiger partial charge is 0.225 e. The Morgan fingerprint density at radius 3 is 2.96 bits per heavy atom. The van der Waals surface area contributed by atoms with Crippen LogP contribution in [0, 0.1) is 17.2 Å². The van der Waals surface area contributed by atoms with Gasteiger partial charge in [0.05, 0.1) is 16.3 Å². The van der Waals surface area contributed by atoms with Crippen LogP contribution in [0.2, 0.25) is 10.0 Å². The molecule has 1 amide bonds. The van der Waals surface area contributed by atoms with E-state index in [-0.39, 0.29) is 5.91 Å². The largest absolute Gasteiger partial charge is 0.325 e. The van der Waals surface area contributed by atoms with Crippen LogP contribution in [0.3, 0.4) is 0 Å². The third-order valence-electron chi connectivity index (χ3n) is 4.49. The standard InChI is InChI=1S/C20H19Cl2N3OS/c1-12-2-4-17-13(8-12)9-14(11-23)20(25-17)27-7-6-19(26)24-18-5-3-15(21)10-16(18)22/h3,5,9-10,12H,2,4,6-8H2,1H3,(H,24,26). The molecule has 27 heavy (non-hydrogen) atoms. The second-order valence-electron chi connectivity index (χ2n) is 6.68. The molecule has 7 heteroatoms. The summed E-state index contributed by atoms with van der Waals surface area (Å²) in [6.07, 6.45) is 3.35. The highest BCUT2D eigenvalue weighted by Crippen LogP contribution is 2.30. The van der Waals surface area contributed by atoms with Gasteiger partial charge in [-0.15, -0.1) is 11.8 Å². The first kappa shape index (κ1) is 20.0. The van der Waals surface area contributed by atoms with Gasteiger partial charge < -0.3 is 5.32 Å². The van der Waals surface area contributed by atoms with Gasteiger partial charge in [0.15, 0.2) is 0 Å². The van der Waals surface area contributed by atoms with Crippen LogP contribution in [-0.2, 0) is 17.6 Å². The van der Waals surface area contributed by atoms with Crippen molar-refractivity contribution in [3.8, 4) is 6.07 Å². The number of carbonyl (C=O) groups is 1. The van der Waals surface area contributed by atoms with Crippen LogP contribution in [0.25, 0.3) is 0 Å². The van der Waals surface area contributed by atoms with Crippen LogP contribution in [0.5, 0.6) is 0 Å². The zero-order chi connectivity index (χ0) is 19.4. The van der Waals surface area contributed by atoms with Gasteiger partial charge in [0, 0.05) is 22.9 Å². The first-order valence-corrected chi connectivity index (χ1v) is 10.5. The lowest BCUT2D eigenvalue weighted by Gasteiger charge is -2.21. The maximum Gasteiger partial charge on any atom is 0.225 e. The van der Waals surface area contributed by atoms with Crippen LogP contribution in [0.4, 0.5) is 5.69 Å². The fraction of sp³-hybridized carbons (Fsp3) is 0.350. The van der Waals surface area contributed by atoms with Crippen molar-refractivity contribution in [3.05, 3.63) is 51.1 Å². The number of halogens is 2. The SMILES string of the molecule is CC1CCc2nc(SCCC(=O)Nc3ccc(Cl)cc3Cl)c(C#N)cc2C1. The number of nitrogens with zero attached hydrogens (tertiary/aromatic N) is 2. The molecule has 0 saturated carbocycles. The van der Waals surface area contributed by atoms with E-state index in [4.69, 9.17) is 28.2 Å². The van der Waals surface area contributed by atoms with E-state index in [0.717, 1.165) is 25.0 Å². The van der Waals surface area contributed by atoms with Crippen molar-refractivity contribution in [2.45, 2.75) is 37.6 Å². The van der Waals surface area contributed by atoms with E-state index in [2.05, 4.69) is 18.3 Å². The summed E-state index contributed by atoms with van der Waals surface area (Å²) >= 11 is 13.4. The molecule has 4 nitrogen and oxygen atoms in total. The molecule has 1 aromatic carbocycles. The Morgan fingerprint density at radius 1 is 1.41 bits per heavy atom. The van der Waals surface area contributed by atoms with Crippen LogP contribution in [0.1, 0.15) is 36.6 Å². The van der Waals surface area contributed by atoms with Crippen LogP contribution >= 0.6 is 35.0 Å². The van der Waals surface area contributed by atoms with Crippen molar-refractivity contribution >= 4 is 46.6 Å². The molecule has 1 aliphatic carbocycles. The van der Waals surface area contributed by atoms with Crippen molar-refractivity contribution in [1.29, 1.82) is 5.26 Å². The van der Waals surface area contributed by atoms with E-state index in [1.54, 1.807) is 18.2 Å². The number of amides is 1. The number of carbonyl (C=O) groups excluding carboxylic acids is 1. The summed E-state index contributed by atoms with van der Waals surface area (Å²) in [5.74, 6) is 1.03. The number of aromatic nitrogens is 1. The van der Waals surface area contributed by atoms with Crippen LogP contribution in [0.15, 0.2) is 29.3 Å². The third kappa shape index (κ3) is 5.16. The molecule has 0 saturated heterocycles. The Balaban J connectivity index is 1.60. The maximum atomic E-state index is 12.2. The van der Waals surface area contributed by atoms with Crippen LogP contribution < -0.4 is 5.32 Å². The number of nitriles is 1. The Labute approximate surface area is 173 Å². The number of pyridine rings is 1. The number of thioether (sulfide) groups is 1. The molecule has 1 aromatic heterocycles. The topological polar surface area (TPSA) is 65.8 Å². The molecule has 0 fully saturated rings. The molecular formula is C20H19Cl2N3OS. The zero-order valence-corrected chi connectivity index (χ0v) is 17.2. The molecular weight excluding hydrogens is 401 g/mol. The Morgan fingerprint density at radius 2 is 2.22 bits per heavy atom. The zero-order valence-electron chi connectivity index (χ0n) is 14.9.